The van der Waals surface area contributed by atoms with Crippen LogP contribution in [0.5, 0.6) is 6.01 Å². The second-order valence-electron chi connectivity index (χ2n) is 10.6. The Morgan fingerprint density at radius 3 is 2.68 bits per heavy atom. The molecule has 1 aromatic heterocycles. The average Bonchev–Trinajstić information content (AvgIpc) is 3.45. The van der Waals surface area contributed by atoms with E-state index in [0.717, 1.165) is 37.3 Å². The number of aromatic nitrogens is 2. The van der Waals surface area contributed by atoms with Gasteiger partial charge in [0.25, 0.3) is 0 Å². The molecule has 3 saturated heterocycles. The lowest BCUT2D eigenvalue weighted by Gasteiger charge is -2.34. The first-order valence-electron chi connectivity index (χ1n) is 13.2. The van der Waals surface area contributed by atoms with Crippen molar-refractivity contribution >= 4 is 28.3 Å². The number of carbonyl (C=O) groups is 1. The van der Waals surface area contributed by atoms with E-state index in [9.17, 15) is 9.18 Å². The van der Waals surface area contributed by atoms with Crippen LogP contribution in [0, 0.1) is 5.82 Å². The molecule has 2 N–H and O–H groups in total. The summed E-state index contributed by atoms with van der Waals surface area (Å²) in [5.74, 6) is 0.312. The SMILES string of the molecule is CC(=O)Nc1ccc(F)c(-c2ccc3c(N4C[C@H]5CC[C@@H](C4)N5)nc(OC[C@@H]4CCCN4C)nc3c2)c1. The molecule has 194 valence electrons. The quantitative estimate of drug-likeness (QED) is 0.528. The third kappa shape index (κ3) is 4.98. The van der Waals surface area contributed by atoms with Crippen LogP contribution < -0.4 is 20.3 Å². The second-order valence-corrected chi connectivity index (χ2v) is 10.6. The lowest BCUT2D eigenvalue weighted by Crippen LogP contribution is -2.51. The molecule has 0 unspecified atom stereocenters. The van der Waals surface area contributed by atoms with Crippen LogP contribution in [0.3, 0.4) is 0 Å². The highest BCUT2D eigenvalue weighted by atomic mass is 19.1. The maximum Gasteiger partial charge on any atom is 0.319 e. The van der Waals surface area contributed by atoms with E-state index < -0.39 is 0 Å². The van der Waals surface area contributed by atoms with Crippen LogP contribution in [0.4, 0.5) is 15.9 Å². The number of benzene rings is 2. The summed E-state index contributed by atoms with van der Waals surface area (Å²) >= 11 is 0. The minimum atomic E-state index is -0.359. The zero-order valence-corrected chi connectivity index (χ0v) is 21.3. The summed E-state index contributed by atoms with van der Waals surface area (Å²) in [6, 6.07) is 12.0. The van der Waals surface area contributed by atoms with Crippen LogP contribution in [-0.2, 0) is 4.79 Å². The number of hydrogen-bond donors (Lipinski definition) is 2. The highest BCUT2D eigenvalue weighted by molar-refractivity contribution is 5.94. The van der Waals surface area contributed by atoms with Crippen LogP contribution in [0.25, 0.3) is 22.0 Å². The Kier molecular flexibility index (Phi) is 6.42. The molecule has 0 saturated carbocycles. The molecule has 3 fully saturated rings. The number of carbonyl (C=O) groups excluding carboxylic acids is 1. The van der Waals surface area contributed by atoms with E-state index in [1.807, 2.05) is 18.2 Å². The topological polar surface area (TPSA) is 82.6 Å². The van der Waals surface area contributed by atoms with Crippen molar-refractivity contribution in [3.63, 3.8) is 0 Å². The van der Waals surface area contributed by atoms with Gasteiger partial charge in [-0.05, 0) is 75.2 Å². The summed E-state index contributed by atoms with van der Waals surface area (Å²) in [6.07, 6.45) is 4.63. The van der Waals surface area contributed by atoms with E-state index in [1.54, 1.807) is 12.1 Å². The molecule has 3 aliphatic heterocycles. The normalized spacial score (nSPS) is 23.5. The van der Waals surface area contributed by atoms with Gasteiger partial charge >= 0.3 is 6.01 Å². The first kappa shape index (κ1) is 24.1. The number of fused-ring (bicyclic) bond motifs is 3. The van der Waals surface area contributed by atoms with E-state index in [2.05, 4.69) is 27.5 Å². The van der Waals surface area contributed by atoms with E-state index in [1.165, 1.54) is 32.3 Å². The van der Waals surface area contributed by atoms with Gasteiger partial charge in [-0.2, -0.15) is 9.97 Å². The summed E-state index contributed by atoms with van der Waals surface area (Å²) < 4.78 is 21.0. The molecule has 6 rings (SSSR count). The number of halogens is 1. The van der Waals surface area contributed by atoms with Crippen molar-refractivity contribution in [1.82, 2.24) is 20.2 Å². The molecule has 3 atom stereocenters. The third-order valence-electron chi connectivity index (χ3n) is 7.85. The standard InChI is InChI=1S/C28H33FN6O2/c1-17(36)30-19-8-10-25(29)24(13-19)18-5-9-23-26(12-18)32-28(37-16-22-4-3-11-34(22)2)33-27(23)35-14-20-6-7-21(15-35)31-20/h5,8-10,12-13,20-22,31H,3-4,6-7,11,14-16H2,1-2H3,(H,30,36)/t20-,21+,22-/m0/s1. The van der Waals surface area contributed by atoms with Crippen LogP contribution in [0.2, 0.25) is 0 Å². The number of piperazine rings is 1. The molecule has 1 amide bonds. The molecule has 8 nitrogen and oxygen atoms in total. The predicted molar refractivity (Wildman–Crippen MR) is 143 cm³/mol. The first-order chi connectivity index (χ1) is 17.9. The van der Waals surface area contributed by atoms with Crippen molar-refractivity contribution in [3.8, 4) is 17.1 Å². The van der Waals surface area contributed by atoms with Crippen molar-refractivity contribution in [2.45, 2.75) is 50.7 Å². The maximum absolute atomic E-state index is 14.9. The molecule has 3 aromatic rings. The maximum atomic E-state index is 14.9. The Balaban J connectivity index is 1.38. The summed E-state index contributed by atoms with van der Waals surface area (Å²) in [4.78, 5) is 25.9. The number of ether oxygens (including phenoxy) is 1. The first-order valence-corrected chi connectivity index (χ1v) is 13.2. The van der Waals surface area contributed by atoms with Crippen LogP contribution in [0.1, 0.15) is 32.6 Å². The molecule has 2 aromatic carbocycles. The number of likely N-dealkylation sites (N-methyl/N-ethyl adjacent to an activating group) is 1. The number of amides is 1. The molecule has 0 aliphatic carbocycles. The lowest BCUT2D eigenvalue weighted by atomic mass is 10.0. The number of likely N-dealkylation sites (tertiary alicyclic amines) is 1. The van der Waals surface area contributed by atoms with Gasteiger partial charge in [-0.3, -0.25) is 4.79 Å². The predicted octanol–water partition coefficient (Wildman–Crippen LogP) is 3.81. The molecule has 0 radical (unpaired) electrons. The average molecular weight is 505 g/mol. The Labute approximate surface area is 216 Å². The summed E-state index contributed by atoms with van der Waals surface area (Å²) in [7, 11) is 2.13. The Hall–Kier alpha value is -3.30. The van der Waals surface area contributed by atoms with Gasteiger partial charge in [-0.1, -0.05) is 6.07 Å². The van der Waals surface area contributed by atoms with E-state index >= 15 is 0 Å². The zero-order valence-electron chi connectivity index (χ0n) is 21.3. The van der Waals surface area contributed by atoms with Crippen LogP contribution >= 0.6 is 0 Å². The molecular weight excluding hydrogens is 471 g/mol. The highest BCUT2D eigenvalue weighted by Crippen LogP contribution is 2.34. The van der Waals surface area contributed by atoms with Crippen molar-refractivity contribution < 1.29 is 13.9 Å². The second kappa shape index (κ2) is 9.87. The van der Waals surface area contributed by atoms with Gasteiger partial charge in [0.2, 0.25) is 5.91 Å². The molecule has 4 heterocycles. The van der Waals surface area contributed by atoms with Gasteiger partial charge in [0, 0.05) is 54.8 Å². The number of nitrogens with one attached hydrogen (secondary N) is 2. The van der Waals surface area contributed by atoms with E-state index in [4.69, 9.17) is 14.7 Å². The smallest absolute Gasteiger partial charge is 0.319 e. The minimum Gasteiger partial charge on any atom is -0.462 e. The van der Waals surface area contributed by atoms with Gasteiger partial charge in [-0.25, -0.2) is 4.39 Å². The summed E-state index contributed by atoms with van der Waals surface area (Å²) in [5, 5.41) is 7.34. The van der Waals surface area contributed by atoms with Gasteiger partial charge < -0.3 is 25.2 Å². The van der Waals surface area contributed by atoms with Crippen LogP contribution in [-0.4, -0.2) is 72.2 Å². The van der Waals surface area contributed by atoms with Crippen molar-refractivity contribution in [3.05, 3.63) is 42.2 Å². The monoisotopic (exact) mass is 504 g/mol. The molecular formula is C28H33FN6O2. The van der Waals surface area contributed by atoms with Crippen molar-refractivity contribution in [2.75, 3.05) is 43.5 Å². The van der Waals surface area contributed by atoms with Gasteiger partial charge in [0.1, 0.15) is 18.2 Å². The Bertz CT molecular complexity index is 1320. The summed E-state index contributed by atoms with van der Waals surface area (Å²) in [6.45, 7) is 4.84. The van der Waals surface area contributed by atoms with Crippen molar-refractivity contribution in [1.29, 1.82) is 0 Å². The Morgan fingerprint density at radius 2 is 1.95 bits per heavy atom. The Morgan fingerprint density at radius 1 is 1.14 bits per heavy atom. The van der Waals surface area contributed by atoms with Gasteiger partial charge in [0.05, 0.1) is 5.52 Å². The summed E-state index contributed by atoms with van der Waals surface area (Å²) in [5.41, 5.74) is 2.35. The van der Waals surface area contributed by atoms with E-state index in [0.29, 0.717) is 53.1 Å². The van der Waals surface area contributed by atoms with E-state index in [-0.39, 0.29) is 11.7 Å². The molecule has 0 spiro atoms. The molecule has 3 aliphatic rings. The third-order valence-corrected chi connectivity index (χ3v) is 7.85. The fourth-order valence-corrected chi connectivity index (χ4v) is 5.92. The molecule has 37 heavy (non-hydrogen) atoms. The molecule has 9 heteroatoms. The number of nitrogens with zero attached hydrogens (tertiary/aromatic N) is 4. The highest BCUT2D eigenvalue weighted by Gasteiger charge is 2.34. The van der Waals surface area contributed by atoms with Gasteiger partial charge in [0.15, 0.2) is 0 Å². The fraction of sp³-hybridized carbons (Fsp3) is 0.464. The fourth-order valence-electron chi connectivity index (χ4n) is 5.92. The number of anilines is 2. The lowest BCUT2D eigenvalue weighted by molar-refractivity contribution is -0.114. The van der Waals surface area contributed by atoms with Crippen LogP contribution in [0.15, 0.2) is 36.4 Å². The van der Waals surface area contributed by atoms with Gasteiger partial charge in [-0.15, -0.1) is 0 Å². The molecule has 2 bridgehead atoms. The van der Waals surface area contributed by atoms with Crippen molar-refractivity contribution in [2.24, 2.45) is 0 Å². The minimum absolute atomic E-state index is 0.201. The zero-order chi connectivity index (χ0) is 25.5. The number of hydrogen-bond acceptors (Lipinski definition) is 7. The number of rotatable bonds is 6. The largest absolute Gasteiger partial charge is 0.462 e.